The van der Waals surface area contributed by atoms with Crippen LogP contribution in [-0.2, 0) is 16.0 Å². The van der Waals surface area contributed by atoms with Crippen molar-refractivity contribution in [2.24, 2.45) is 0 Å². The molecule has 0 atom stereocenters. The first-order valence-electron chi connectivity index (χ1n) is 10.4. The van der Waals surface area contributed by atoms with Crippen molar-refractivity contribution in [2.45, 2.75) is 51.9 Å². The van der Waals surface area contributed by atoms with E-state index in [1.165, 1.54) is 25.7 Å². The molecule has 0 aliphatic rings. The summed E-state index contributed by atoms with van der Waals surface area (Å²) in [5.41, 5.74) is 2.58. The normalized spacial score (nSPS) is 10.9. The van der Waals surface area contributed by atoms with Gasteiger partial charge in [-0.05, 0) is 30.2 Å². The summed E-state index contributed by atoms with van der Waals surface area (Å²) in [5.74, 6) is 0.520. The van der Waals surface area contributed by atoms with Gasteiger partial charge >= 0.3 is 5.97 Å². The first kappa shape index (κ1) is 21.3. The summed E-state index contributed by atoms with van der Waals surface area (Å²) in [6.45, 7) is 2.71. The zero-order chi connectivity index (χ0) is 20.5. The Morgan fingerprint density at radius 1 is 0.966 bits per heavy atom. The number of rotatable bonds is 10. The van der Waals surface area contributed by atoms with Gasteiger partial charge in [0.05, 0.1) is 17.5 Å². The Morgan fingerprint density at radius 3 is 2.62 bits per heavy atom. The Morgan fingerprint density at radius 2 is 1.76 bits per heavy atom. The number of hydrogen-bond acceptors (Lipinski definition) is 4. The number of esters is 1. The average Bonchev–Trinajstić information content (AvgIpc) is 2.73. The summed E-state index contributed by atoms with van der Waals surface area (Å²) < 4.78 is 12.2. The molecule has 0 radical (unpaired) electrons. The van der Waals surface area contributed by atoms with E-state index in [0.717, 1.165) is 39.4 Å². The number of hydrogen-bond donors (Lipinski definition) is 0. The molecule has 1 aromatic heterocycles. The molecule has 0 amide bonds. The number of ether oxygens (including phenoxy) is 1. The first-order chi connectivity index (χ1) is 14.2. The van der Waals surface area contributed by atoms with Gasteiger partial charge < -0.3 is 9.15 Å². The Balaban J connectivity index is 1.59. The van der Waals surface area contributed by atoms with Gasteiger partial charge in [-0.2, -0.15) is 0 Å². The molecule has 0 saturated heterocycles. The van der Waals surface area contributed by atoms with E-state index in [4.69, 9.17) is 21.4 Å². The highest BCUT2D eigenvalue weighted by atomic mass is 32.1. The second-order valence-electron chi connectivity index (χ2n) is 7.34. The van der Waals surface area contributed by atoms with Gasteiger partial charge in [0.15, 0.2) is 0 Å². The highest BCUT2D eigenvalue weighted by molar-refractivity contribution is 7.71. The van der Waals surface area contributed by atoms with Crippen LogP contribution in [0.1, 0.15) is 51.0 Å². The van der Waals surface area contributed by atoms with Gasteiger partial charge in [-0.1, -0.05) is 81.6 Å². The molecule has 0 bridgehead atoms. The molecule has 29 heavy (non-hydrogen) atoms. The quantitative estimate of drug-likeness (QED) is 0.201. The van der Waals surface area contributed by atoms with E-state index in [1.54, 1.807) is 0 Å². The van der Waals surface area contributed by atoms with Gasteiger partial charge in [0.25, 0.3) is 0 Å². The van der Waals surface area contributed by atoms with Crippen molar-refractivity contribution in [3.63, 3.8) is 0 Å². The topological polar surface area (TPSA) is 39.4 Å². The Bertz CT molecular complexity index is 1010. The van der Waals surface area contributed by atoms with Crippen molar-refractivity contribution in [1.82, 2.24) is 0 Å². The standard InChI is InChI=1S/C25H28O3S/c1-2-3-4-5-6-9-15-27-25(26)17-19-11-10-12-20(16-19)23-18-24(29)21-13-7-8-14-22(21)28-23/h7-8,10-14,16,18H,2-6,9,15,17H2,1H3. The minimum Gasteiger partial charge on any atom is -0.465 e. The molecule has 0 aliphatic heterocycles. The summed E-state index contributed by atoms with van der Waals surface area (Å²) in [5, 5.41) is 0.931. The number of unbranched alkanes of at least 4 members (excludes halogenated alkanes) is 5. The van der Waals surface area contributed by atoms with Gasteiger partial charge in [-0.15, -0.1) is 0 Å². The van der Waals surface area contributed by atoms with Crippen molar-refractivity contribution < 1.29 is 13.9 Å². The first-order valence-corrected chi connectivity index (χ1v) is 10.9. The van der Waals surface area contributed by atoms with Crippen LogP contribution in [0.5, 0.6) is 0 Å². The van der Waals surface area contributed by atoms with Crippen molar-refractivity contribution in [2.75, 3.05) is 6.61 Å². The molecule has 0 unspecified atom stereocenters. The van der Waals surface area contributed by atoms with E-state index in [1.807, 2.05) is 54.6 Å². The van der Waals surface area contributed by atoms with Crippen LogP contribution in [0.15, 0.2) is 59.0 Å². The lowest BCUT2D eigenvalue weighted by Gasteiger charge is -2.08. The third-order valence-corrected chi connectivity index (χ3v) is 5.29. The van der Waals surface area contributed by atoms with Gasteiger partial charge in [0.2, 0.25) is 0 Å². The maximum Gasteiger partial charge on any atom is 0.310 e. The lowest BCUT2D eigenvalue weighted by atomic mass is 10.1. The Labute approximate surface area is 177 Å². The molecule has 2 aromatic carbocycles. The van der Waals surface area contributed by atoms with Gasteiger partial charge in [0, 0.05) is 17.0 Å². The zero-order valence-electron chi connectivity index (χ0n) is 17.0. The van der Waals surface area contributed by atoms with Crippen molar-refractivity contribution in [3.8, 4) is 11.3 Å². The van der Waals surface area contributed by atoms with Crippen LogP contribution < -0.4 is 0 Å². The van der Waals surface area contributed by atoms with Crippen LogP contribution in [0, 0.1) is 4.51 Å². The monoisotopic (exact) mass is 408 g/mol. The SMILES string of the molecule is CCCCCCCCOC(=O)Cc1cccc(-c2cc(=S)c3ccccc3o2)c1. The second kappa shape index (κ2) is 10.9. The van der Waals surface area contributed by atoms with Crippen LogP contribution in [0.25, 0.3) is 22.3 Å². The van der Waals surface area contributed by atoms with E-state index in [-0.39, 0.29) is 12.4 Å². The van der Waals surface area contributed by atoms with E-state index in [0.29, 0.717) is 12.4 Å². The molecule has 0 N–H and O–H groups in total. The largest absolute Gasteiger partial charge is 0.465 e. The summed E-state index contributed by atoms with van der Waals surface area (Å²) in [6.07, 6.45) is 7.33. The van der Waals surface area contributed by atoms with Crippen LogP contribution in [0.4, 0.5) is 0 Å². The number of benzene rings is 2. The molecule has 3 nitrogen and oxygen atoms in total. The van der Waals surface area contributed by atoms with Crippen LogP contribution in [0.3, 0.4) is 0 Å². The van der Waals surface area contributed by atoms with E-state index in [9.17, 15) is 4.79 Å². The third-order valence-electron chi connectivity index (χ3n) is 4.96. The minimum atomic E-state index is -0.185. The maximum absolute atomic E-state index is 12.2. The summed E-state index contributed by atoms with van der Waals surface area (Å²) in [4.78, 5) is 12.2. The molecular weight excluding hydrogens is 380 g/mol. The molecule has 3 rings (SSSR count). The average molecular weight is 409 g/mol. The van der Waals surface area contributed by atoms with Gasteiger partial charge in [0.1, 0.15) is 11.3 Å². The maximum atomic E-state index is 12.2. The molecule has 0 aliphatic carbocycles. The molecule has 1 heterocycles. The Kier molecular flexibility index (Phi) is 8.00. The van der Waals surface area contributed by atoms with Crippen LogP contribution >= 0.6 is 12.2 Å². The minimum absolute atomic E-state index is 0.185. The number of carbonyl (C=O) groups excluding carboxylic acids is 1. The van der Waals surface area contributed by atoms with Crippen molar-refractivity contribution in [3.05, 3.63) is 64.7 Å². The van der Waals surface area contributed by atoms with Crippen LogP contribution in [-0.4, -0.2) is 12.6 Å². The van der Waals surface area contributed by atoms with E-state index >= 15 is 0 Å². The van der Waals surface area contributed by atoms with Crippen molar-refractivity contribution >= 4 is 29.2 Å². The van der Waals surface area contributed by atoms with Gasteiger partial charge in [-0.3, -0.25) is 4.79 Å². The van der Waals surface area contributed by atoms with E-state index in [2.05, 4.69) is 6.92 Å². The molecule has 4 heteroatoms. The Hall–Kier alpha value is -2.46. The smallest absolute Gasteiger partial charge is 0.310 e. The lowest BCUT2D eigenvalue weighted by Crippen LogP contribution is -2.09. The molecular formula is C25H28O3S. The third kappa shape index (κ3) is 6.26. The van der Waals surface area contributed by atoms with Crippen molar-refractivity contribution in [1.29, 1.82) is 0 Å². The second-order valence-corrected chi connectivity index (χ2v) is 7.78. The number of carbonyl (C=O) groups is 1. The highest BCUT2D eigenvalue weighted by Crippen LogP contribution is 2.26. The highest BCUT2D eigenvalue weighted by Gasteiger charge is 2.09. The van der Waals surface area contributed by atoms with Gasteiger partial charge in [-0.25, -0.2) is 0 Å². The number of fused-ring (bicyclic) bond motifs is 1. The molecule has 0 saturated carbocycles. The molecule has 0 fully saturated rings. The van der Waals surface area contributed by atoms with Crippen LogP contribution in [0.2, 0.25) is 0 Å². The molecule has 3 aromatic rings. The van der Waals surface area contributed by atoms with E-state index < -0.39 is 0 Å². The predicted molar refractivity (Wildman–Crippen MR) is 121 cm³/mol. The fourth-order valence-corrected chi connectivity index (χ4v) is 3.64. The fourth-order valence-electron chi connectivity index (χ4n) is 3.37. The number of para-hydroxylation sites is 1. The molecule has 0 spiro atoms. The lowest BCUT2D eigenvalue weighted by molar-refractivity contribution is -0.142. The summed E-state index contributed by atoms with van der Waals surface area (Å²) >= 11 is 5.50. The summed E-state index contributed by atoms with van der Waals surface area (Å²) in [7, 11) is 0. The molecule has 152 valence electrons. The zero-order valence-corrected chi connectivity index (χ0v) is 17.8. The summed E-state index contributed by atoms with van der Waals surface area (Å²) in [6, 6.07) is 17.4. The fraction of sp³-hybridized carbons (Fsp3) is 0.360. The predicted octanol–water partition coefficient (Wildman–Crippen LogP) is 7.28.